The van der Waals surface area contributed by atoms with Crippen LogP contribution in [0.2, 0.25) is 0 Å². The predicted octanol–water partition coefficient (Wildman–Crippen LogP) is 3.02. The molecule has 1 heteroatoms. The summed E-state index contributed by atoms with van der Waals surface area (Å²) in [6.07, 6.45) is 13.1. The van der Waals surface area contributed by atoms with Gasteiger partial charge in [0.2, 0.25) is 0 Å². The van der Waals surface area contributed by atoms with Crippen molar-refractivity contribution in [1.29, 1.82) is 0 Å². The van der Waals surface area contributed by atoms with Gasteiger partial charge in [0.15, 0.2) is 0 Å². The maximum Gasteiger partial charge on any atom is 0.0442 e. The molecule has 68 valence electrons. The van der Waals surface area contributed by atoms with E-state index in [0.717, 1.165) is 13.0 Å². The molecule has 1 aromatic heterocycles. The Labute approximate surface area is 79.4 Å². The van der Waals surface area contributed by atoms with Crippen LogP contribution in [0.25, 0.3) is 6.08 Å². The lowest BCUT2D eigenvalue weighted by atomic mass is 10.2. The summed E-state index contributed by atoms with van der Waals surface area (Å²) < 4.78 is 2.33. The van der Waals surface area contributed by atoms with Gasteiger partial charge in [0.05, 0.1) is 0 Å². The van der Waals surface area contributed by atoms with Gasteiger partial charge in [-0.05, 0) is 30.5 Å². The Kier molecular flexibility index (Phi) is 2.35. The third kappa shape index (κ3) is 1.59. The first-order valence-electron chi connectivity index (χ1n) is 4.93. The highest BCUT2D eigenvalue weighted by Gasteiger charge is 2.05. The first kappa shape index (κ1) is 8.36. The minimum absolute atomic E-state index is 1.07. The van der Waals surface area contributed by atoms with Gasteiger partial charge in [0.25, 0.3) is 0 Å². The summed E-state index contributed by atoms with van der Waals surface area (Å²) >= 11 is 0. The van der Waals surface area contributed by atoms with Crippen LogP contribution in [0.3, 0.4) is 0 Å². The molecule has 0 amide bonds. The molecule has 0 aromatic carbocycles. The van der Waals surface area contributed by atoms with Crippen molar-refractivity contribution in [2.45, 2.75) is 26.3 Å². The van der Waals surface area contributed by atoms with E-state index >= 15 is 0 Å². The number of fused-ring (bicyclic) bond motifs is 1. The summed E-state index contributed by atoms with van der Waals surface area (Å²) in [6, 6.07) is 2.23. The van der Waals surface area contributed by atoms with E-state index in [0.29, 0.717) is 0 Å². The predicted molar refractivity (Wildman–Crippen MR) is 56.6 cm³/mol. The largest absolute Gasteiger partial charge is 0.348 e. The van der Waals surface area contributed by atoms with Gasteiger partial charge in [-0.3, -0.25) is 0 Å². The average molecular weight is 173 g/mol. The number of aryl methyl sites for hydroxylation is 1. The third-order valence-electron chi connectivity index (χ3n) is 2.40. The van der Waals surface area contributed by atoms with Crippen molar-refractivity contribution in [3.63, 3.8) is 0 Å². The zero-order valence-electron chi connectivity index (χ0n) is 8.03. The van der Waals surface area contributed by atoms with Gasteiger partial charge in [-0.15, -0.1) is 0 Å². The van der Waals surface area contributed by atoms with Crippen molar-refractivity contribution < 1.29 is 0 Å². The highest BCUT2D eigenvalue weighted by molar-refractivity contribution is 5.54. The number of hydrogen-bond donors (Lipinski definition) is 0. The van der Waals surface area contributed by atoms with E-state index in [2.05, 4.69) is 48.1 Å². The summed E-state index contributed by atoms with van der Waals surface area (Å²) in [5, 5.41) is 0. The number of hydrogen-bond acceptors (Lipinski definition) is 0. The van der Waals surface area contributed by atoms with Crippen LogP contribution < -0.4 is 0 Å². The van der Waals surface area contributed by atoms with Gasteiger partial charge >= 0.3 is 0 Å². The molecule has 0 saturated carbocycles. The highest BCUT2D eigenvalue weighted by Crippen LogP contribution is 2.17. The standard InChI is InChI=1S/C12H15N/c1-2-9-13-10-8-11-6-4-3-5-7-12(11)13/h3-5,7-8,10H,2,6,9H2,1H3. The molecule has 2 rings (SSSR count). The van der Waals surface area contributed by atoms with Gasteiger partial charge < -0.3 is 4.57 Å². The van der Waals surface area contributed by atoms with E-state index in [4.69, 9.17) is 0 Å². The SMILES string of the molecule is CCCn1ccc2c1C=CC=CC2. The van der Waals surface area contributed by atoms with E-state index < -0.39 is 0 Å². The zero-order chi connectivity index (χ0) is 9.10. The normalized spacial score (nSPS) is 14.2. The van der Waals surface area contributed by atoms with E-state index in [1.807, 2.05) is 0 Å². The molecule has 0 bridgehead atoms. The molecule has 1 nitrogen and oxygen atoms in total. The summed E-state index contributed by atoms with van der Waals surface area (Å²) in [6.45, 7) is 3.34. The lowest BCUT2D eigenvalue weighted by molar-refractivity contribution is 0.677. The van der Waals surface area contributed by atoms with E-state index in [1.54, 1.807) is 0 Å². The minimum Gasteiger partial charge on any atom is -0.348 e. The van der Waals surface area contributed by atoms with Gasteiger partial charge in [-0.2, -0.15) is 0 Å². The van der Waals surface area contributed by atoms with E-state index in [-0.39, 0.29) is 0 Å². The van der Waals surface area contributed by atoms with Crippen molar-refractivity contribution >= 4 is 6.08 Å². The molecule has 0 spiro atoms. The molecule has 0 aliphatic heterocycles. The van der Waals surface area contributed by atoms with Gasteiger partial charge in [-0.1, -0.05) is 25.2 Å². The Hall–Kier alpha value is -1.24. The van der Waals surface area contributed by atoms with Crippen LogP contribution in [0, 0.1) is 0 Å². The van der Waals surface area contributed by atoms with Crippen molar-refractivity contribution in [1.82, 2.24) is 4.57 Å². The molecule has 0 N–H and O–H groups in total. The molecule has 13 heavy (non-hydrogen) atoms. The lowest BCUT2D eigenvalue weighted by Gasteiger charge is -2.04. The number of allylic oxidation sites excluding steroid dienone is 3. The molecule has 0 radical (unpaired) electrons. The quantitative estimate of drug-likeness (QED) is 0.648. The molecule has 1 aliphatic carbocycles. The molecule has 0 unspecified atom stereocenters. The summed E-state index contributed by atoms with van der Waals surface area (Å²) in [7, 11) is 0. The molecular weight excluding hydrogens is 158 g/mol. The summed E-state index contributed by atoms with van der Waals surface area (Å²) in [5.41, 5.74) is 2.82. The minimum atomic E-state index is 1.07. The first-order valence-corrected chi connectivity index (χ1v) is 4.93. The van der Waals surface area contributed by atoms with Crippen LogP contribution in [0.4, 0.5) is 0 Å². The Morgan fingerprint density at radius 1 is 1.38 bits per heavy atom. The van der Waals surface area contributed by atoms with Gasteiger partial charge in [0.1, 0.15) is 0 Å². The Bertz CT molecular complexity index is 342. The Balaban J connectivity index is 2.36. The molecule has 1 aromatic rings. The molecule has 1 aliphatic rings. The number of aromatic nitrogens is 1. The van der Waals surface area contributed by atoms with Crippen molar-refractivity contribution in [3.05, 3.63) is 41.7 Å². The number of rotatable bonds is 2. The lowest BCUT2D eigenvalue weighted by Crippen LogP contribution is -1.98. The topological polar surface area (TPSA) is 4.93 Å². The van der Waals surface area contributed by atoms with Crippen molar-refractivity contribution in [2.24, 2.45) is 0 Å². The summed E-state index contributed by atoms with van der Waals surface area (Å²) in [4.78, 5) is 0. The van der Waals surface area contributed by atoms with E-state index in [1.165, 1.54) is 17.7 Å². The maximum absolute atomic E-state index is 2.33. The average Bonchev–Trinajstić information content (AvgIpc) is 2.38. The van der Waals surface area contributed by atoms with E-state index in [9.17, 15) is 0 Å². The third-order valence-corrected chi connectivity index (χ3v) is 2.40. The van der Waals surface area contributed by atoms with Gasteiger partial charge in [0, 0.05) is 18.4 Å². The molecule has 0 fully saturated rings. The fourth-order valence-electron chi connectivity index (χ4n) is 1.76. The molecule has 0 saturated heterocycles. The van der Waals surface area contributed by atoms with Crippen LogP contribution in [0.5, 0.6) is 0 Å². The summed E-state index contributed by atoms with van der Waals surface area (Å²) in [5.74, 6) is 0. The monoisotopic (exact) mass is 173 g/mol. The first-order chi connectivity index (χ1) is 6.42. The van der Waals surface area contributed by atoms with Crippen LogP contribution in [-0.4, -0.2) is 4.57 Å². The fourth-order valence-corrected chi connectivity index (χ4v) is 1.76. The zero-order valence-corrected chi connectivity index (χ0v) is 8.03. The second-order valence-corrected chi connectivity index (χ2v) is 3.41. The van der Waals surface area contributed by atoms with Crippen LogP contribution in [0.1, 0.15) is 24.6 Å². The molecule has 0 atom stereocenters. The van der Waals surface area contributed by atoms with Crippen molar-refractivity contribution in [2.75, 3.05) is 0 Å². The second kappa shape index (κ2) is 3.65. The molecule has 1 heterocycles. The van der Waals surface area contributed by atoms with Crippen molar-refractivity contribution in [3.8, 4) is 0 Å². The highest BCUT2D eigenvalue weighted by atomic mass is 15.0. The maximum atomic E-state index is 2.33. The second-order valence-electron chi connectivity index (χ2n) is 3.41. The van der Waals surface area contributed by atoms with Crippen LogP contribution in [0.15, 0.2) is 30.5 Å². The Morgan fingerprint density at radius 3 is 3.15 bits per heavy atom. The smallest absolute Gasteiger partial charge is 0.0442 e. The van der Waals surface area contributed by atoms with Crippen LogP contribution >= 0.6 is 0 Å². The molecular formula is C12H15N. The number of nitrogens with zero attached hydrogens (tertiary/aromatic N) is 1. The van der Waals surface area contributed by atoms with Crippen LogP contribution in [-0.2, 0) is 13.0 Å². The fraction of sp³-hybridized carbons (Fsp3) is 0.333. The van der Waals surface area contributed by atoms with Gasteiger partial charge in [-0.25, -0.2) is 0 Å². The Morgan fingerprint density at radius 2 is 2.31 bits per heavy atom.